The molecule has 0 aromatic heterocycles. The molecule has 0 aliphatic carbocycles. The van der Waals surface area contributed by atoms with E-state index in [2.05, 4.69) is 12.2 Å². The first-order valence-corrected chi connectivity index (χ1v) is 12.0. The number of carbonyl (C=O) groups excluding carboxylic acids is 2. The lowest BCUT2D eigenvalue weighted by Gasteiger charge is -2.13. The molecule has 7 nitrogen and oxygen atoms in total. The molecular formula is C23H46N2O5. The zero-order valence-corrected chi connectivity index (χ0v) is 19.3. The highest BCUT2D eigenvalue weighted by Gasteiger charge is 2.13. The fraction of sp³-hybridized carbons (Fsp3) is 0.913. The second kappa shape index (κ2) is 21.1. The fourth-order valence-electron chi connectivity index (χ4n) is 3.15. The van der Waals surface area contributed by atoms with Gasteiger partial charge in [-0.15, -0.1) is 0 Å². The summed E-state index contributed by atoms with van der Waals surface area (Å²) in [5.74, 6) is -0.588. The van der Waals surface area contributed by atoms with Crippen molar-refractivity contribution >= 4 is 11.9 Å². The Balaban J connectivity index is 3.45. The summed E-state index contributed by atoms with van der Waals surface area (Å²) in [5, 5.41) is 13.0. The maximum absolute atomic E-state index is 11.7. The maximum Gasteiger partial charge on any atom is 0.322 e. The number of aliphatic hydroxyl groups excluding tert-OH is 1. The number of aliphatic hydroxyl groups is 1. The lowest BCUT2D eigenvalue weighted by molar-refractivity contribution is -0.147. The molecule has 0 aromatic rings. The lowest BCUT2D eigenvalue weighted by atomic mass is 10.1. The van der Waals surface area contributed by atoms with Crippen LogP contribution in [0.2, 0.25) is 0 Å². The molecule has 0 aliphatic rings. The van der Waals surface area contributed by atoms with Gasteiger partial charge in [0.15, 0.2) is 0 Å². The van der Waals surface area contributed by atoms with E-state index in [9.17, 15) is 14.7 Å². The third kappa shape index (κ3) is 18.8. The zero-order chi connectivity index (χ0) is 22.5. The highest BCUT2D eigenvalue weighted by Crippen LogP contribution is 2.10. The third-order valence-electron chi connectivity index (χ3n) is 5.01. The van der Waals surface area contributed by atoms with Crippen LogP contribution in [0.4, 0.5) is 0 Å². The summed E-state index contributed by atoms with van der Waals surface area (Å²) in [7, 11) is 0. The van der Waals surface area contributed by atoms with Crippen molar-refractivity contribution in [1.82, 2.24) is 5.32 Å². The van der Waals surface area contributed by atoms with E-state index in [1.165, 1.54) is 44.9 Å². The number of esters is 2. The molecule has 4 N–H and O–H groups in total. The van der Waals surface area contributed by atoms with Crippen molar-refractivity contribution in [2.45, 2.75) is 109 Å². The first kappa shape index (κ1) is 28.8. The first-order chi connectivity index (χ1) is 14.5. The van der Waals surface area contributed by atoms with E-state index >= 15 is 0 Å². The Bertz CT molecular complexity index is 420. The molecule has 2 atom stereocenters. The van der Waals surface area contributed by atoms with Gasteiger partial charge in [-0.2, -0.15) is 0 Å². The van der Waals surface area contributed by atoms with Gasteiger partial charge >= 0.3 is 11.9 Å². The molecule has 0 spiro atoms. The summed E-state index contributed by atoms with van der Waals surface area (Å²) in [6, 6.07) is -0.569. The highest BCUT2D eigenvalue weighted by molar-refractivity contribution is 5.75. The SMILES string of the molecule is CCCCCCCCCCCC(=O)OCC(O)CNCCCCC(N)C(=O)OCC. The number of ether oxygens (including phenoxy) is 2. The highest BCUT2D eigenvalue weighted by atomic mass is 16.5. The van der Waals surface area contributed by atoms with Crippen LogP contribution in [-0.2, 0) is 19.1 Å². The molecule has 0 bridgehead atoms. The minimum Gasteiger partial charge on any atom is -0.465 e. The normalized spacial score (nSPS) is 13.1. The van der Waals surface area contributed by atoms with Crippen LogP contribution in [0.25, 0.3) is 0 Å². The van der Waals surface area contributed by atoms with Gasteiger partial charge < -0.3 is 25.6 Å². The first-order valence-electron chi connectivity index (χ1n) is 12.0. The summed E-state index contributed by atoms with van der Waals surface area (Å²) in [5.41, 5.74) is 5.73. The lowest BCUT2D eigenvalue weighted by Crippen LogP contribution is -2.33. The largest absolute Gasteiger partial charge is 0.465 e. The number of unbranched alkanes of at least 4 members (excludes halogenated alkanes) is 9. The molecular weight excluding hydrogens is 384 g/mol. The Labute approximate surface area is 183 Å². The minimum absolute atomic E-state index is 0.0248. The second-order valence-electron chi connectivity index (χ2n) is 7.97. The van der Waals surface area contributed by atoms with Gasteiger partial charge in [-0.05, 0) is 32.7 Å². The maximum atomic E-state index is 11.7. The number of carbonyl (C=O) groups is 2. The molecule has 0 heterocycles. The number of hydrogen-bond donors (Lipinski definition) is 3. The Hall–Kier alpha value is -1.18. The van der Waals surface area contributed by atoms with Gasteiger partial charge in [-0.3, -0.25) is 9.59 Å². The minimum atomic E-state index is -0.709. The van der Waals surface area contributed by atoms with Crippen molar-refractivity contribution in [1.29, 1.82) is 0 Å². The molecule has 2 unspecified atom stereocenters. The van der Waals surface area contributed by atoms with Crippen LogP contribution in [0.1, 0.15) is 97.3 Å². The van der Waals surface area contributed by atoms with Crippen LogP contribution in [-0.4, -0.2) is 55.5 Å². The van der Waals surface area contributed by atoms with Crippen molar-refractivity contribution in [3.63, 3.8) is 0 Å². The topological polar surface area (TPSA) is 111 Å². The molecule has 0 rings (SSSR count). The average Bonchev–Trinajstić information content (AvgIpc) is 2.73. The average molecular weight is 431 g/mol. The predicted octanol–water partition coefficient (Wildman–Crippen LogP) is 3.46. The van der Waals surface area contributed by atoms with Crippen molar-refractivity contribution in [3.05, 3.63) is 0 Å². The van der Waals surface area contributed by atoms with E-state index in [0.29, 0.717) is 32.5 Å². The summed E-state index contributed by atoms with van der Waals surface area (Å²) in [6.45, 7) is 5.43. The van der Waals surface area contributed by atoms with E-state index in [1.807, 2.05) is 0 Å². The number of rotatable bonds is 21. The second-order valence-corrected chi connectivity index (χ2v) is 7.97. The van der Waals surface area contributed by atoms with E-state index in [0.717, 1.165) is 25.7 Å². The van der Waals surface area contributed by atoms with Gasteiger partial charge in [0.25, 0.3) is 0 Å². The molecule has 30 heavy (non-hydrogen) atoms. The monoisotopic (exact) mass is 430 g/mol. The molecule has 0 saturated heterocycles. The molecule has 0 saturated carbocycles. The van der Waals surface area contributed by atoms with Crippen molar-refractivity contribution in [3.8, 4) is 0 Å². The Morgan fingerprint density at radius 1 is 0.900 bits per heavy atom. The van der Waals surface area contributed by atoms with Gasteiger partial charge in [0, 0.05) is 13.0 Å². The number of hydrogen-bond acceptors (Lipinski definition) is 7. The molecule has 178 valence electrons. The van der Waals surface area contributed by atoms with Crippen LogP contribution in [0, 0.1) is 0 Å². The van der Waals surface area contributed by atoms with Gasteiger partial charge in [-0.25, -0.2) is 0 Å². The van der Waals surface area contributed by atoms with Gasteiger partial charge in [0.05, 0.1) is 6.61 Å². The third-order valence-corrected chi connectivity index (χ3v) is 5.01. The van der Waals surface area contributed by atoms with Crippen LogP contribution in [0.3, 0.4) is 0 Å². The van der Waals surface area contributed by atoms with Crippen LogP contribution < -0.4 is 11.1 Å². The molecule has 0 amide bonds. The summed E-state index contributed by atoms with van der Waals surface area (Å²) >= 11 is 0. The Kier molecular flexibility index (Phi) is 20.2. The van der Waals surface area contributed by atoms with Gasteiger partial charge in [0.2, 0.25) is 0 Å². The predicted molar refractivity (Wildman–Crippen MR) is 120 cm³/mol. The van der Waals surface area contributed by atoms with E-state index < -0.39 is 12.1 Å². The van der Waals surface area contributed by atoms with Gasteiger partial charge in [-0.1, -0.05) is 64.7 Å². The van der Waals surface area contributed by atoms with Crippen molar-refractivity contribution in [2.24, 2.45) is 5.73 Å². The smallest absolute Gasteiger partial charge is 0.322 e. The van der Waals surface area contributed by atoms with Gasteiger partial charge in [0.1, 0.15) is 18.8 Å². The summed E-state index contributed by atoms with van der Waals surface area (Å²) in [4.78, 5) is 23.1. The van der Waals surface area contributed by atoms with Crippen LogP contribution in [0.5, 0.6) is 0 Å². The number of nitrogens with two attached hydrogens (primary N) is 1. The fourth-order valence-corrected chi connectivity index (χ4v) is 3.15. The molecule has 0 radical (unpaired) electrons. The molecule has 0 fully saturated rings. The van der Waals surface area contributed by atoms with E-state index in [4.69, 9.17) is 15.2 Å². The number of nitrogens with one attached hydrogen (secondary N) is 1. The summed E-state index contributed by atoms with van der Waals surface area (Å²) in [6.07, 6.45) is 12.9. The van der Waals surface area contributed by atoms with E-state index in [1.54, 1.807) is 6.92 Å². The molecule has 0 aromatic carbocycles. The van der Waals surface area contributed by atoms with E-state index in [-0.39, 0.29) is 18.5 Å². The van der Waals surface area contributed by atoms with Crippen LogP contribution in [0.15, 0.2) is 0 Å². The Morgan fingerprint density at radius 2 is 1.53 bits per heavy atom. The standard InChI is InChI=1S/C23H46N2O5/c1-3-5-6-7-8-9-10-11-12-16-22(27)30-19-20(26)18-25-17-14-13-15-21(24)23(28)29-4-2/h20-21,25-26H,3-19,24H2,1-2H3. The Morgan fingerprint density at radius 3 is 2.17 bits per heavy atom. The quantitative estimate of drug-likeness (QED) is 0.189. The van der Waals surface area contributed by atoms with Crippen molar-refractivity contribution < 1.29 is 24.2 Å². The zero-order valence-electron chi connectivity index (χ0n) is 19.3. The molecule has 7 heteroatoms. The summed E-state index contributed by atoms with van der Waals surface area (Å²) < 4.78 is 10.0. The van der Waals surface area contributed by atoms with Crippen molar-refractivity contribution in [2.75, 3.05) is 26.3 Å². The molecule has 0 aliphatic heterocycles. The van der Waals surface area contributed by atoms with Crippen LogP contribution >= 0.6 is 0 Å².